The summed E-state index contributed by atoms with van der Waals surface area (Å²) in [6, 6.07) is 19.9. The molecule has 6 rings (SSSR count). The number of nitrogens with zero attached hydrogens (tertiary/aromatic N) is 1. The fraction of sp³-hybridized carbons (Fsp3) is 0.343. The van der Waals surface area contributed by atoms with E-state index >= 15 is 0 Å². The van der Waals surface area contributed by atoms with E-state index in [-0.39, 0.29) is 24.2 Å². The van der Waals surface area contributed by atoms with Crippen molar-refractivity contribution in [2.24, 2.45) is 29.4 Å². The molecule has 2 fully saturated rings. The number of fused-ring (bicyclic) bond motifs is 3. The summed E-state index contributed by atoms with van der Waals surface area (Å²) in [7, 11) is 3.12. The summed E-state index contributed by atoms with van der Waals surface area (Å²) in [5, 5.41) is 26.0. The molecule has 3 aromatic rings. The predicted octanol–water partition coefficient (Wildman–Crippen LogP) is 1.82. The Labute approximate surface area is 260 Å². The third-order valence-corrected chi connectivity index (χ3v) is 9.71. The third-order valence-electron chi connectivity index (χ3n) is 9.71. The maximum absolute atomic E-state index is 14.0. The number of carbonyl (C=O) groups is 5. The maximum atomic E-state index is 14.0. The van der Waals surface area contributed by atoms with Crippen LogP contribution in [0.2, 0.25) is 0 Å². The monoisotopic (exact) mass is 609 g/mol. The van der Waals surface area contributed by atoms with Crippen LogP contribution in [0.1, 0.15) is 33.5 Å². The molecule has 10 nitrogen and oxygen atoms in total. The van der Waals surface area contributed by atoms with E-state index in [0.717, 1.165) is 23.2 Å². The van der Waals surface area contributed by atoms with Gasteiger partial charge in [0.15, 0.2) is 34.7 Å². The molecule has 232 valence electrons. The number of nitrogens with two attached hydrogens (primary N) is 1. The lowest BCUT2D eigenvalue weighted by Gasteiger charge is -2.52. The number of primary amides is 1. The second kappa shape index (κ2) is 11.4. The van der Waals surface area contributed by atoms with E-state index in [9.17, 15) is 34.2 Å². The SMILES string of the molecule is CN(C)C1C(=O)C(C(N)=O)C(=O)C2(O)C(=O)C3C(=O)c4c(O)ccc(-c5ccc(CNCc6ccccc6)cc5)c4CC3CC12. The molecule has 0 bridgehead atoms. The normalized spacial score (nSPS) is 27.6. The summed E-state index contributed by atoms with van der Waals surface area (Å²) < 4.78 is 0. The fourth-order valence-corrected chi connectivity index (χ4v) is 7.62. The van der Waals surface area contributed by atoms with Gasteiger partial charge in [-0.2, -0.15) is 0 Å². The zero-order valence-corrected chi connectivity index (χ0v) is 25.0. The highest BCUT2D eigenvalue weighted by Crippen LogP contribution is 2.51. The molecule has 3 aliphatic carbocycles. The highest BCUT2D eigenvalue weighted by molar-refractivity contribution is 6.32. The number of aliphatic hydroxyl groups is 1. The van der Waals surface area contributed by atoms with Crippen LogP contribution in [-0.2, 0) is 38.7 Å². The van der Waals surface area contributed by atoms with Crippen LogP contribution in [0.15, 0.2) is 66.7 Å². The third kappa shape index (κ3) is 4.89. The highest BCUT2D eigenvalue weighted by atomic mass is 16.3. The summed E-state index contributed by atoms with van der Waals surface area (Å²) >= 11 is 0. The number of rotatable bonds is 7. The van der Waals surface area contributed by atoms with Gasteiger partial charge in [-0.05, 0) is 66.7 Å². The Kier molecular flexibility index (Phi) is 7.76. The van der Waals surface area contributed by atoms with Crippen molar-refractivity contribution in [1.82, 2.24) is 10.2 Å². The average Bonchev–Trinajstić information content (AvgIpc) is 3.00. The van der Waals surface area contributed by atoms with E-state index in [4.69, 9.17) is 5.73 Å². The predicted molar refractivity (Wildman–Crippen MR) is 164 cm³/mol. The van der Waals surface area contributed by atoms with Gasteiger partial charge < -0.3 is 21.3 Å². The Morgan fingerprint density at radius 2 is 1.58 bits per heavy atom. The van der Waals surface area contributed by atoms with Crippen molar-refractivity contribution in [2.75, 3.05) is 14.1 Å². The van der Waals surface area contributed by atoms with E-state index in [0.29, 0.717) is 12.1 Å². The van der Waals surface area contributed by atoms with Gasteiger partial charge >= 0.3 is 0 Å². The minimum absolute atomic E-state index is 0.00497. The van der Waals surface area contributed by atoms with E-state index in [1.807, 2.05) is 42.5 Å². The number of amides is 1. The molecular weight excluding hydrogens is 574 g/mol. The number of phenols is 1. The van der Waals surface area contributed by atoms with Crippen molar-refractivity contribution in [2.45, 2.75) is 37.6 Å². The molecule has 45 heavy (non-hydrogen) atoms. The Bertz CT molecular complexity index is 1720. The van der Waals surface area contributed by atoms with E-state index in [2.05, 4.69) is 17.4 Å². The minimum Gasteiger partial charge on any atom is -0.507 e. The molecule has 0 aliphatic heterocycles. The van der Waals surface area contributed by atoms with Crippen molar-refractivity contribution >= 4 is 29.0 Å². The number of nitrogens with one attached hydrogen (secondary N) is 1. The molecule has 10 heteroatoms. The van der Waals surface area contributed by atoms with Gasteiger partial charge in [-0.15, -0.1) is 0 Å². The molecule has 5 N–H and O–H groups in total. The van der Waals surface area contributed by atoms with Gasteiger partial charge in [-0.1, -0.05) is 60.7 Å². The van der Waals surface area contributed by atoms with Crippen LogP contribution < -0.4 is 11.1 Å². The van der Waals surface area contributed by atoms with Crippen LogP contribution in [0.5, 0.6) is 5.75 Å². The number of benzene rings is 3. The van der Waals surface area contributed by atoms with Crippen molar-refractivity contribution in [1.29, 1.82) is 0 Å². The first-order valence-electron chi connectivity index (χ1n) is 15.0. The molecule has 0 aromatic heterocycles. The molecule has 6 atom stereocenters. The summed E-state index contributed by atoms with van der Waals surface area (Å²) in [4.78, 5) is 68.4. The molecule has 0 heterocycles. The minimum atomic E-state index is -2.74. The topological polar surface area (TPSA) is 167 Å². The Balaban J connectivity index is 1.32. The molecule has 0 saturated heterocycles. The number of carbonyl (C=O) groups excluding carboxylic acids is 5. The van der Waals surface area contributed by atoms with Gasteiger partial charge in [-0.25, -0.2) is 0 Å². The van der Waals surface area contributed by atoms with Crippen molar-refractivity contribution in [3.8, 4) is 16.9 Å². The molecule has 6 unspecified atom stereocenters. The van der Waals surface area contributed by atoms with Crippen LogP contribution in [0, 0.1) is 23.7 Å². The number of hydrogen-bond acceptors (Lipinski definition) is 9. The molecule has 1 amide bonds. The van der Waals surface area contributed by atoms with Crippen molar-refractivity contribution in [3.05, 3.63) is 89.0 Å². The van der Waals surface area contributed by atoms with Crippen LogP contribution in [0.4, 0.5) is 0 Å². The molecule has 0 spiro atoms. The number of ketones is 4. The Morgan fingerprint density at radius 3 is 2.20 bits per heavy atom. The summed E-state index contributed by atoms with van der Waals surface area (Å²) in [5.74, 6) is -10.6. The summed E-state index contributed by atoms with van der Waals surface area (Å²) in [5.41, 5.74) is 6.97. The smallest absolute Gasteiger partial charge is 0.235 e. The second-order valence-electron chi connectivity index (χ2n) is 12.6. The number of phenolic OH excluding ortho intramolecular Hbond substituents is 1. The van der Waals surface area contributed by atoms with Gasteiger partial charge in [0.1, 0.15) is 5.75 Å². The number of Topliss-reactive ketones (excluding diaryl/α,β-unsaturated/α-hetero) is 4. The lowest BCUT2D eigenvalue weighted by Crippen LogP contribution is -2.74. The summed E-state index contributed by atoms with van der Waals surface area (Å²) in [6.07, 6.45) is 0.209. The second-order valence-corrected chi connectivity index (χ2v) is 12.6. The first-order chi connectivity index (χ1) is 21.4. The first kappa shape index (κ1) is 30.5. The number of likely N-dealkylation sites (N-methyl/N-ethyl adjacent to an activating group) is 1. The fourth-order valence-electron chi connectivity index (χ4n) is 7.62. The standard InChI is InChI=1S/C35H35N3O7/c1-38(2)29-24-15-21-14-23-22(20-10-8-19(9-11-20)17-37-16-18-6-4-3-5-7-18)12-13-25(39)27(23)30(40)26(21)32(42)35(24,45)33(43)28(31(29)41)34(36)44/h3-13,21,24,26,28-29,37,39,45H,14-17H2,1-2H3,(H2,36,44). The number of aromatic hydroxyl groups is 1. The first-order valence-corrected chi connectivity index (χ1v) is 15.0. The van der Waals surface area contributed by atoms with Gasteiger partial charge in [0.25, 0.3) is 0 Å². The van der Waals surface area contributed by atoms with Crippen molar-refractivity contribution in [3.63, 3.8) is 0 Å². The van der Waals surface area contributed by atoms with Gasteiger partial charge in [-0.3, -0.25) is 28.9 Å². The molecular formula is C35H35N3O7. The summed E-state index contributed by atoms with van der Waals surface area (Å²) in [6.45, 7) is 1.38. The van der Waals surface area contributed by atoms with Gasteiger partial charge in [0.2, 0.25) is 5.91 Å². The highest BCUT2D eigenvalue weighted by Gasteiger charge is 2.69. The average molecular weight is 610 g/mol. The maximum Gasteiger partial charge on any atom is 0.235 e. The molecule has 3 aromatic carbocycles. The quantitative estimate of drug-likeness (QED) is 0.292. The van der Waals surface area contributed by atoms with Gasteiger partial charge in [0.05, 0.1) is 17.5 Å². The van der Waals surface area contributed by atoms with Crippen LogP contribution in [0.3, 0.4) is 0 Å². The van der Waals surface area contributed by atoms with Gasteiger partial charge in [0, 0.05) is 19.0 Å². The van der Waals surface area contributed by atoms with Crippen LogP contribution in [-0.4, -0.2) is 69.9 Å². The lowest BCUT2D eigenvalue weighted by atomic mass is 9.52. The van der Waals surface area contributed by atoms with Crippen LogP contribution >= 0.6 is 0 Å². The zero-order chi connectivity index (χ0) is 32.2. The van der Waals surface area contributed by atoms with E-state index < -0.39 is 64.4 Å². The van der Waals surface area contributed by atoms with Crippen LogP contribution in [0.25, 0.3) is 11.1 Å². The van der Waals surface area contributed by atoms with Crippen molar-refractivity contribution < 1.29 is 34.2 Å². The van der Waals surface area contributed by atoms with E-state index in [1.165, 1.54) is 16.5 Å². The Hall–Kier alpha value is -4.51. The zero-order valence-electron chi connectivity index (χ0n) is 25.0. The molecule has 0 radical (unpaired) electrons. The molecule has 3 aliphatic rings. The molecule has 2 saturated carbocycles. The lowest BCUT2D eigenvalue weighted by molar-refractivity contribution is -0.181. The number of hydrogen-bond donors (Lipinski definition) is 4. The Morgan fingerprint density at radius 1 is 0.933 bits per heavy atom. The largest absolute Gasteiger partial charge is 0.507 e. The van der Waals surface area contributed by atoms with E-state index in [1.54, 1.807) is 20.2 Å².